The molecule has 2 saturated heterocycles. The zero-order chi connectivity index (χ0) is 11.2. The van der Waals surface area contributed by atoms with E-state index in [4.69, 9.17) is 0 Å². The van der Waals surface area contributed by atoms with E-state index in [2.05, 4.69) is 15.5 Å². The molecular weight excluding hydrogens is 228 g/mol. The topological polar surface area (TPSA) is 80.9 Å². The van der Waals surface area contributed by atoms with Gasteiger partial charge in [-0.2, -0.15) is 11.8 Å². The third kappa shape index (κ3) is 1.34. The lowest BCUT2D eigenvalue weighted by Gasteiger charge is -2.35. The van der Waals surface area contributed by atoms with Crippen molar-refractivity contribution in [2.45, 2.75) is 41.7 Å². The van der Waals surface area contributed by atoms with Crippen molar-refractivity contribution in [2.75, 3.05) is 0 Å². The average molecular weight is 240 g/mol. The first-order chi connectivity index (χ1) is 7.71. The number of nitrogens with zero attached hydrogens (tertiary/aromatic N) is 4. The molecule has 7 heteroatoms. The van der Waals surface area contributed by atoms with Gasteiger partial charge in [0.05, 0.1) is 0 Å². The summed E-state index contributed by atoms with van der Waals surface area (Å²) in [7, 11) is 0. The molecule has 3 heterocycles. The van der Waals surface area contributed by atoms with Gasteiger partial charge in [-0.1, -0.05) is 0 Å². The monoisotopic (exact) mass is 240 g/mol. The standard InChI is InChI=1S/C9H12N4O2S/c14-8(15)9(13-5-10-11-12-13)3-6-1-2-7(4-9)16-6/h5-7H,1-4H2,(H,14,15). The molecule has 2 bridgehead atoms. The molecule has 1 aromatic heterocycles. The highest BCUT2D eigenvalue weighted by atomic mass is 32.2. The molecule has 0 aliphatic carbocycles. The van der Waals surface area contributed by atoms with Crippen LogP contribution in [-0.2, 0) is 10.3 Å². The van der Waals surface area contributed by atoms with Crippen molar-refractivity contribution in [2.24, 2.45) is 0 Å². The molecule has 0 aromatic carbocycles. The Morgan fingerprint density at radius 1 is 1.44 bits per heavy atom. The maximum absolute atomic E-state index is 11.6. The Morgan fingerprint density at radius 3 is 2.62 bits per heavy atom. The molecule has 2 fully saturated rings. The number of thioether (sulfide) groups is 1. The molecule has 2 aliphatic rings. The highest BCUT2D eigenvalue weighted by Gasteiger charge is 2.51. The van der Waals surface area contributed by atoms with Crippen molar-refractivity contribution in [1.29, 1.82) is 0 Å². The van der Waals surface area contributed by atoms with Gasteiger partial charge in [0, 0.05) is 10.5 Å². The summed E-state index contributed by atoms with van der Waals surface area (Å²) in [4.78, 5) is 11.6. The Balaban J connectivity index is 2.01. The predicted molar refractivity (Wildman–Crippen MR) is 57.1 cm³/mol. The van der Waals surface area contributed by atoms with Crippen LogP contribution < -0.4 is 0 Å². The summed E-state index contributed by atoms with van der Waals surface area (Å²) in [5.41, 5.74) is -0.916. The number of hydrogen-bond acceptors (Lipinski definition) is 5. The fourth-order valence-electron chi connectivity index (χ4n) is 2.73. The molecule has 2 unspecified atom stereocenters. The van der Waals surface area contributed by atoms with Crippen LogP contribution in [0.1, 0.15) is 25.7 Å². The van der Waals surface area contributed by atoms with Crippen molar-refractivity contribution in [3.8, 4) is 0 Å². The highest BCUT2D eigenvalue weighted by molar-refractivity contribution is 8.00. The number of aromatic nitrogens is 4. The Bertz CT molecular complexity index is 396. The van der Waals surface area contributed by atoms with E-state index in [9.17, 15) is 9.90 Å². The van der Waals surface area contributed by atoms with E-state index in [1.807, 2.05) is 11.8 Å². The molecule has 2 aliphatic heterocycles. The molecule has 16 heavy (non-hydrogen) atoms. The second-order valence-electron chi connectivity index (χ2n) is 4.46. The fourth-order valence-corrected chi connectivity index (χ4v) is 4.57. The summed E-state index contributed by atoms with van der Waals surface area (Å²) in [6.07, 6.45) is 4.92. The lowest BCUT2D eigenvalue weighted by atomic mass is 9.89. The first-order valence-corrected chi connectivity index (χ1v) is 6.27. The number of fused-ring (bicyclic) bond motifs is 2. The van der Waals surface area contributed by atoms with Crippen LogP contribution in [0.15, 0.2) is 6.33 Å². The first-order valence-electron chi connectivity index (χ1n) is 5.33. The van der Waals surface area contributed by atoms with Crippen LogP contribution in [0.4, 0.5) is 0 Å². The minimum Gasteiger partial charge on any atom is -0.479 e. The zero-order valence-electron chi connectivity index (χ0n) is 8.61. The van der Waals surface area contributed by atoms with Gasteiger partial charge in [0.2, 0.25) is 0 Å². The molecule has 0 spiro atoms. The fraction of sp³-hybridized carbons (Fsp3) is 0.778. The third-order valence-corrected chi connectivity index (χ3v) is 5.09. The van der Waals surface area contributed by atoms with Crippen LogP contribution in [0.5, 0.6) is 0 Å². The Morgan fingerprint density at radius 2 is 2.12 bits per heavy atom. The third-order valence-electron chi connectivity index (χ3n) is 3.51. The normalized spacial score (nSPS) is 37.5. The number of hydrogen-bond donors (Lipinski definition) is 1. The van der Waals surface area contributed by atoms with Gasteiger partial charge < -0.3 is 5.11 Å². The van der Waals surface area contributed by atoms with Gasteiger partial charge in [0.15, 0.2) is 5.54 Å². The first kappa shape index (κ1) is 10.1. The Labute approximate surface area is 96.4 Å². The van der Waals surface area contributed by atoms with E-state index in [0.29, 0.717) is 23.3 Å². The summed E-state index contributed by atoms with van der Waals surface area (Å²) in [6, 6.07) is 0. The highest BCUT2D eigenvalue weighted by Crippen LogP contribution is 2.50. The Kier molecular flexibility index (Phi) is 2.17. The number of carboxylic acids is 1. The molecule has 0 amide bonds. The molecule has 3 rings (SSSR count). The van der Waals surface area contributed by atoms with E-state index in [1.54, 1.807) is 0 Å². The summed E-state index contributed by atoms with van der Waals surface area (Å²) in [5.74, 6) is -0.808. The predicted octanol–water partition coefficient (Wildman–Crippen LogP) is 0.511. The van der Waals surface area contributed by atoms with Crippen LogP contribution >= 0.6 is 11.8 Å². The molecule has 0 radical (unpaired) electrons. The maximum atomic E-state index is 11.6. The van der Waals surface area contributed by atoms with E-state index >= 15 is 0 Å². The van der Waals surface area contributed by atoms with Gasteiger partial charge >= 0.3 is 5.97 Å². The number of tetrazole rings is 1. The molecule has 1 aromatic rings. The quantitative estimate of drug-likeness (QED) is 0.811. The van der Waals surface area contributed by atoms with Crippen molar-refractivity contribution in [3.05, 3.63) is 6.33 Å². The van der Waals surface area contributed by atoms with Gasteiger partial charge in [-0.3, -0.25) is 0 Å². The summed E-state index contributed by atoms with van der Waals surface area (Å²) in [5, 5.41) is 21.3. The summed E-state index contributed by atoms with van der Waals surface area (Å²) < 4.78 is 1.43. The Hall–Kier alpha value is -1.11. The average Bonchev–Trinajstić information content (AvgIpc) is 2.88. The molecule has 86 valence electrons. The van der Waals surface area contributed by atoms with Crippen LogP contribution in [-0.4, -0.2) is 41.8 Å². The minimum absolute atomic E-state index is 0.444. The van der Waals surface area contributed by atoms with Gasteiger partial charge in [-0.25, -0.2) is 9.48 Å². The summed E-state index contributed by atoms with van der Waals surface area (Å²) >= 11 is 1.92. The lowest BCUT2D eigenvalue weighted by Crippen LogP contribution is -2.47. The second-order valence-corrected chi connectivity index (χ2v) is 6.06. The second kappa shape index (κ2) is 3.44. The minimum atomic E-state index is -0.916. The maximum Gasteiger partial charge on any atom is 0.331 e. The lowest BCUT2D eigenvalue weighted by molar-refractivity contribution is -0.149. The zero-order valence-corrected chi connectivity index (χ0v) is 9.43. The smallest absolute Gasteiger partial charge is 0.331 e. The molecule has 2 atom stereocenters. The van der Waals surface area contributed by atoms with Gasteiger partial charge in [0.1, 0.15) is 6.33 Å². The van der Waals surface area contributed by atoms with E-state index in [-0.39, 0.29) is 0 Å². The van der Waals surface area contributed by atoms with Crippen LogP contribution in [0, 0.1) is 0 Å². The SMILES string of the molecule is O=C(O)C1(n2cnnn2)CC2CCC(C1)S2. The van der Waals surface area contributed by atoms with E-state index in [0.717, 1.165) is 12.8 Å². The van der Waals surface area contributed by atoms with Gasteiger partial charge in [-0.05, 0) is 36.1 Å². The van der Waals surface area contributed by atoms with Crippen molar-refractivity contribution in [3.63, 3.8) is 0 Å². The van der Waals surface area contributed by atoms with Crippen LogP contribution in [0.25, 0.3) is 0 Å². The van der Waals surface area contributed by atoms with Crippen LogP contribution in [0.3, 0.4) is 0 Å². The molecular formula is C9H12N4O2S. The molecule has 1 N–H and O–H groups in total. The largest absolute Gasteiger partial charge is 0.479 e. The molecule has 0 saturated carbocycles. The number of carbonyl (C=O) groups is 1. The number of carboxylic acid groups (broad SMARTS) is 1. The number of aliphatic carboxylic acids is 1. The summed E-state index contributed by atoms with van der Waals surface area (Å²) in [6.45, 7) is 0. The van der Waals surface area contributed by atoms with Crippen molar-refractivity contribution in [1.82, 2.24) is 20.2 Å². The van der Waals surface area contributed by atoms with E-state index < -0.39 is 11.5 Å². The van der Waals surface area contributed by atoms with Crippen molar-refractivity contribution < 1.29 is 9.90 Å². The van der Waals surface area contributed by atoms with Crippen LogP contribution in [0.2, 0.25) is 0 Å². The number of rotatable bonds is 2. The van der Waals surface area contributed by atoms with Gasteiger partial charge in [-0.15, -0.1) is 5.10 Å². The molecule has 6 nitrogen and oxygen atoms in total. The van der Waals surface area contributed by atoms with Gasteiger partial charge in [0.25, 0.3) is 0 Å². The van der Waals surface area contributed by atoms with Crippen molar-refractivity contribution >= 4 is 17.7 Å². The van der Waals surface area contributed by atoms with E-state index in [1.165, 1.54) is 11.0 Å².